The van der Waals surface area contributed by atoms with E-state index in [-0.39, 0.29) is 4.90 Å². The molecule has 0 aliphatic heterocycles. The van der Waals surface area contributed by atoms with Crippen LogP contribution in [0.25, 0.3) is 0 Å². The molecule has 2 N–H and O–H groups in total. The molecule has 1 rings (SSSR count). The molecule has 0 amide bonds. The highest BCUT2D eigenvalue weighted by Crippen LogP contribution is 2.18. The van der Waals surface area contributed by atoms with Gasteiger partial charge in [0.1, 0.15) is 5.82 Å². The zero-order valence-electron chi connectivity index (χ0n) is 9.62. The Morgan fingerprint density at radius 1 is 1.38 bits per heavy atom. The zero-order chi connectivity index (χ0) is 12.6. The molecule has 16 heavy (non-hydrogen) atoms. The third-order valence-corrected chi connectivity index (χ3v) is 3.21. The Kier molecular flexibility index (Phi) is 3.40. The lowest BCUT2D eigenvalue weighted by Gasteiger charge is -2.18. The van der Waals surface area contributed by atoms with Gasteiger partial charge in [-0.05, 0) is 38.0 Å². The largest absolute Gasteiger partial charge is 0.325 e. The molecule has 0 aromatic heterocycles. The monoisotopic (exact) mass is 245 g/mol. The molecule has 0 atom stereocenters. The Morgan fingerprint density at radius 3 is 2.31 bits per heavy atom. The van der Waals surface area contributed by atoms with Crippen molar-refractivity contribution in [2.75, 3.05) is 6.26 Å². The van der Waals surface area contributed by atoms with Crippen LogP contribution in [0.4, 0.5) is 4.39 Å². The molecule has 1 aromatic rings. The van der Waals surface area contributed by atoms with Crippen molar-refractivity contribution in [3.8, 4) is 0 Å². The molecule has 0 fully saturated rings. The van der Waals surface area contributed by atoms with Crippen molar-refractivity contribution in [1.29, 1.82) is 0 Å². The van der Waals surface area contributed by atoms with Crippen LogP contribution in [0.1, 0.15) is 19.4 Å². The summed E-state index contributed by atoms with van der Waals surface area (Å²) in [6, 6.07) is 3.91. The second kappa shape index (κ2) is 4.14. The minimum absolute atomic E-state index is 0.0106. The molecule has 0 heterocycles. The summed E-state index contributed by atoms with van der Waals surface area (Å²) in [6.07, 6.45) is 1.41. The number of nitrogens with two attached hydrogens (primary N) is 1. The van der Waals surface area contributed by atoms with Crippen LogP contribution in [0.3, 0.4) is 0 Å². The van der Waals surface area contributed by atoms with Gasteiger partial charge in [0.05, 0.1) is 4.90 Å². The van der Waals surface area contributed by atoms with Gasteiger partial charge < -0.3 is 5.73 Å². The quantitative estimate of drug-likeness (QED) is 0.878. The molecular weight excluding hydrogens is 229 g/mol. The summed E-state index contributed by atoms with van der Waals surface area (Å²) in [6.45, 7) is 3.58. The smallest absolute Gasteiger partial charge is 0.175 e. The molecule has 0 bridgehead atoms. The zero-order valence-corrected chi connectivity index (χ0v) is 10.4. The van der Waals surface area contributed by atoms with Gasteiger partial charge in [0.25, 0.3) is 0 Å². The van der Waals surface area contributed by atoms with Gasteiger partial charge >= 0.3 is 0 Å². The minimum Gasteiger partial charge on any atom is -0.325 e. The summed E-state index contributed by atoms with van der Waals surface area (Å²) in [4.78, 5) is -0.0106. The summed E-state index contributed by atoms with van der Waals surface area (Å²) in [5.74, 6) is -0.526. The number of rotatable bonds is 3. The predicted molar refractivity (Wildman–Crippen MR) is 61.5 cm³/mol. The van der Waals surface area contributed by atoms with Gasteiger partial charge in [-0.15, -0.1) is 0 Å². The van der Waals surface area contributed by atoms with Crippen molar-refractivity contribution in [3.63, 3.8) is 0 Å². The maximum absolute atomic E-state index is 13.6. The maximum Gasteiger partial charge on any atom is 0.175 e. The Balaban J connectivity index is 3.11. The topological polar surface area (TPSA) is 60.2 Å². The van der Waals surface area contributed by atoms with E-state index in [1.165, 1.54) is 12.1 Å². The van der Waals surface area contributed by atoms with Crippen LogP contribution in [-0.2, 0) is 16.3 Å². The summed E-state index contributed by atoms with van der Waals surface area (Å²) >= 11 is 0. The molecule has 0 radical (unpaired) electrons. The molecule has 5 heteroatoms. The molecule has 90 valence electrons. The molecule has 0 aliphatic rings. The Hall–Kier alpha value is -0.940. The van der Waals surface area contributed by atoms with E-state index in [1.807, 2.05) is 0 Å². The first-order valence-electron chi connectivity index (χ1n) is 4.87. The average Bonchev–Trinajstić information content (AvgIpc) is 2.04. The molecule has 0 saturated carbocycles. The van der Waals surface area contributed by atoms with Crippen LogP contribution in [-0.4, -0.2) is 20.2 Å². The Morgan fingerprint density at radius 2 is 1.94 bits per heavy atom. The number of benzene rings is 1. The summed E-state index contributed by atoms with van der Waals surface area (Å²) < 4.78 is 36.0. The van der Waals surface area contributed by atoms with Gasteiger partial charge in [-0.2, -0.15) is 0 Å². The van der Waals surface area contributed by atoms with E-state index in [0.29, 0.717) is 12.0 Å². The van der Waals surface area contributed by atoms with E-state index in [2.05, 4.69) is 0 Å². The molecular formula is C11H16FNO2S. The first-order valence-corrected chi connectivity index (χ1v) is 6.76. The van der Waals surface area contributed by atoms with Crippen LogP contribution in [0.5, 0.6) is 0 Å². The van der Waals surface area contributed by atoms with E-state index in [0.717, 1.165) is 12.3 Å². The maximum atomic E-state index is 13.6. The van der Waals surface area contributed by atoms with Gasteiger partial charge in [0.2, 0.25) is 0 Å². The highest BCUT2D eigenvalue weighted by molar-refractivity contribution is 7.90. The highest BCUT2D eigenvalue weighted by Gasteiger charge is 2.16. The van der Waals surface area contributed by atoms with Gasteiger partial charge in [0.15, 0.2) is 9.84 Å². The van der Waals surface area contributed by atoms with Crippen LogP contribution < -0.4 is 5.73 Å². The molecule has 0 spiro atoms. The molecule has 0 unspecified atom stereocenters. The predicted octanol–water partition coefficient (Wildman–Crippen LogP) is 1.51. The van der Waals surface area contributed by atoms with Crippen molar-refractivity contribution < 1.29 is 12.8 Å². The number of hydrogen-bond donors (Lipinski definition) is 1. The van der Waals surface area contributed by atoms with Crippen molar-refractivity contribution >= 4 is 9.84 Å². The van der Waals surface area contributed by atoms with Crippen molar-refractivity contribution in [2.45, 2.75) is 30.7 Å². The van der Waals surface area contributed by atoms with Gasteiger partial charge in [-0.1, -0.05) is 6.07 Å². The van der Waals surface area contributed by atoms with Gasteiger partial charge in [0, 0.05) is 11.8 Å². The molecule has 0 aliphatic carbocycles. The fourth-order valence-corrected chi connectivity index (χ4v) is 2.03. The molecule has 1 aromatic carbocycles. The third-order valence-electron chi connectivity index (χ3n) is 2.10. The second-order valence-electron chi connectivity index (χ2n) is 4.69. The minimum atomic E-state index is -3.36. The highest BCUT2D eigenvalue weighted by atomic mass is 32.2. The van der Waals surface area contributed by atoms with E-state index in [1.54, 1.807) is 13.8 Å². The lowest BCUT2D eigenvalue weighted by Crippen LogP contribution is -2.34. The van der Waals surface area contributed by atoms with Crippen LogP contribution in [0.2, 0.25) is 0 Å². The fourth-order valence-electron chi connectivity index (χ4n) is 1.39. The summed E-state index contributed by atoms with van der Waals surface area (Å²) in [5, 5.41) is 0. The van der Waals surface area contributed by atoms with Crippen molar-refractivity contribution in [1.82, 2.24) is 0 Å². The van der Waals surface area contributed by atoms with Crippen LogP contribution >= 0.6 is 0 Å². The summed E-state index contributed by atoms with van der Waals surface area (Å²) in [5.41, 5.74) is 5.69. The first-order chi connectivity index (χ1) is 7.09. The Bertz CT molecular complexity index is 489. The number of sulfone groups is 1. The normalized spacial score (nSPS) is 12.8. The van der Waals surface area contributed by atoms with Gasteiger partial charge in [-0.3, -0.25) is 0 Å². The van der Waals surface area contributed by atoms with Crippen molar-refractivity contribution in [3.05, 3.63) is 29.6 Å². The number of halogens is 1. The fraction of sp³-hybridized carbons (Fsp3) is 0.455. The van der Waals surface area contributed by atoms with E-state index < -0.39 is 21.2 Å². The molecule has 0 saturated heterocycles. The standard InChI is InChI=1S/C11H16FNO2S/c1-11(2,13)7-8-4-5-9(6-10(8)12)16(3,14)15/h4-6H,7,13H2,1-3H3. The van der Waals surface area contributed by atoms with Gasteiger partial charge in [-0.25, -0.2) is 12.8 Å². The first kappa shape index (κ1) is 13.1. The van der Waals surface area contributed by atoms with Crippen LogP contribution in [0, 0.1) is 5.82 Å². The number of hydrogen-bond acceptors (Lipinski definition) is 3. The van der Waals surface area contributed by atoms with E-state index >= 15 is 0 Å². The van der Waals surface area contributed by atoms with Crippen molar-refractivity contribution in [2.24, 2.45) is 5.73 Å². The second-order valence-corrected chi connectivity index (χ2v) is 6.71. The van der Waals surface area contributed by atoms with E-state index in [4.69, 9.17) is 5.73 Å². The Labute approximate surface area is 95.4 Å². The van der Waals surface area contributed by atoms with E-state index in [9.17, 15) is 12.8 Å². The third kappa shape index (κ3) is 3.57. The SMILES string of the molecule is CC(C)(N)Cc1ccc(S(C)(=O)=O)cc1F. The lowest BCUT2D eigenvalue weighted by atomic mass is 9.96. The molecule has 3 nitrogen and oxygen atoms in total. The van der Waals surface area contributed by atoms with Crippen LogP contribution in [0.15, 0.2) is 23.1 Å². The lowest BCUT2D eigenvalue weighted by molar-refractivity contribution is 0.496. The summed E-state index contributed by atoms with van der Waals surface area (Å²) in [7, 11) is -3.36. The average molecular weight is 245 g/mol.